The quantitative estimate of drug-likeness (QED) is 0.862. The van der Waals surface area contributed by atoms with Crippen LogP contribution in [0.3, 0.4) is 0 Å². The fourth-order valence-corrected chi connectivity index (χ4v) is 1.65. The molecule has 88 valence electrons. The van der Waals surface area contributed by atoms with Gasteiger partial charge in [0.25, 0.3) is 0 Å². The molecule has 1 rings (SSSR count). The van der Waals surface area contributed by atoms with Gasteiger partial charge in [-0.15, -0.1) is 0 Å². The summed E-state index contributed by atoms with van der Waals surface area (Å²) >= 11 is 6.03. The van der Waals surface area contributed by atoms with Gasteiger partial charge < -0.3 is 10.0 Å². The Morgan fingerprint density at radius 2 is 2.19 bits per heavy atom. The van der Waals surface area contributed by atoms with Crippen LogP contribution in [0.1, 0.15) is 18.9 Å². The van der Waals surface area contributed by atoms with Gasteiger partial charge in [0.15, 0.2) is 0 Å². The molecule has 1 aromatic rings. The molecule has 0 unspecified atom stereocenters. The van der Waals surface area contributed by atoms with E-state index in [4.69, 9.17) is 16.7 Å². The zero-order valence-electron chi connectivity index (χ0n) is 9.53. The zero-order chi connectivity index (χ0) is 12.1. The van der Waals surface area contributed by atoms with Crippen molar-refractivity contribution < 1.29 is 9.90 Å². The van der Waals surface area contributed by atoms with Gasteiger partial charge >= 0.3 is 5.97 Å². The Morgan fingerprint density at radius 3 is 2.69 bits per heavy atom. The van der Waals surface area contributed by atoms with Crippen LogP contribution < -0.4 is 4.90 Å². The topological polar surface area (TPSA) is 40.5 Å². The highest BCUT2D eigenvalue weighted by Gasteiger charge is 2.07. The molecule has 0 aliphatic carbocycles. The monoisotopic (exact) mass is 241 g/mol. The molecule has 0 aromatic heterocycles. The number of carbonyl (C=O) groups is 1. The van der Waals surface area contributed by atoms with E-state index in [0.717, 1.165) is 17.8 Å². The minimum absolute atomic E-state index is 0.138. The normalized spacial score (nSPS) is 10.2. The molecule has 0 saturated heterocycles. The molecule has 0 fully saturated rings. The molecule has 0 atom stereocenters. The van der Waals surface area contributed by atoms with E-state index in [-0.39, 0.29) is 6.42 Å². The number of rotatable bonds is 5. The lowest BCUT2D eigenvalue weighted by atomic mass is 10.2. The second-order valence-corrected chi connectivity index (χ2v) is 4.06. The largest absolute Gasteiger partial charge is 0.481 e. The first-order chi connectivity index (χ1) is 7.54. The summed E-state index contributed by atoms with van der Waals surface area (Å²) in [6.45, 7) is 5.22. The second-order valence-electron chi connectivity index (χ2n) is 3.66. The molecule has 0 heterocycles. The van der Waals surface area contributed by atoms with Gasteiger partial charge in [-0.25, -0.2) is 0 Å². The van der Waals surface area contributed by atoms with E-state index in [1.54, 1.807) is 0 Å². The summed E-state index contributed by atoms with van der Waals surface area (Å²) in [4.78, 5) is 12.5. The first-order valence-electron chi connectivity index (χ1n) is 5.27. The number of carboxylic acids is 1. The van der Waals surface area contributed by atoms with Crippen LogP contribution >= 0.6 is 11.6 Å². The molecule has 0 aliphatic rings. The van der Waals surface area contributed by atoms with E-state index in [9.17, 15) is 4.79 Å². The van der Waals surface area contributed by atoms with Crippen molar-refractivity contribution in [1.82, 2.24) is 0 Å². The summed E-state index contributed by atoms with van der Waals surface area (Å²) < 4.78 is 0. The van der Waals surface area contributed by atoms with E-state index in [1.165, 1.54) is 0 Å². The highest BCUT2D eigenvalue weighted by Crippen LogP contribution is 2.23. The number of hydrogen-bond donors (Lipinski definition) is 1. The summed E-state index contributed by atoms with van der Waals surface area (Å²) in [7, 11) is 0. The number of nitrogens with zero attached hydrogens (tertiary/aromatic N) is 1. The van der Waals surface area contributed by atoms with E-state index in [2.05, 4.69) is 0 Å². The molecule has 0 amide bonds. The Morgan fingerprint density at radius 1 is 1.50 bits per heavy atom. The lowest BCUT2D eigenvalue weighted by Crippen LogP contribution is -2.25. The van der Waals surface area contributed by atoms with Crippen LogP contribution in [0.2, 0.25) is 5.02 Å². The number of hydrogen-bond acceptors (Lipinski definition) is 2. The maximum atomic E-state index is 10.5. The second kappa shape index (κ2) is 5.75. The van der Waals surface area contributed by atoms with Crippen LogP contribution in [-0.2, 0) is 4.79 Å². The minimum Gasteiger partial charge on any atom is -0.481 e. The molecule has 0 saturated carbocycles. The van der Waals surface area contributed by atoms with Crippen molar-refractivity contribution in [1.29, 1.82) is 0 Å². The standard InChI is InChI=1S/C12H16ClNO2/c1-3-14(7-6-12(15)16)10-5-4-9(2)11(13)8-10/h4-5,8H,3,6-7H2,1-2H3,(H,15,16). The van der Waals surface area contributed by atoms with Gasteiger partial charge in [0.2, 0.25) is 0 Å². The van der Waals surface area contributed by atoms with Crippen molar-refractivity contribution in [2.24, 2.45) is 0 Å². The van der Waals surface area contributed by atoms with Crippen molar-refractivity contribution in [2.45, 2.75) is 20.3 Å². The third kappa shape index (κ3) is 3.42. The number of aliphatic carboxylic acids is 1. The Kier molecular flexibility index (Phi) is 4.62. The SMILES string of the molecule is CCN(CCC(=O)O)c1ccc(C)c(Cl)c1. The van der Waals surface area contributed by atoms with Crippen molar-refractivity contribution in [2.75, 3.05) is 18.0 Å². The van der Waals surface area contributed by atoms with Gasteiger partial charge in [-0.05, 0) is 31.5 Å². The van der Waals surface area contributed by atoms with Crippen LogP contribution in [0.4, 0.5) is 5.69 Å². The van der Waals surface area contributed by atoms with Crippen molar-refractivity contribution in [3.8, 4) is 0 Å². The fourth-order valence-electron chi connectivity index (χ4n) is 1.48. The summed E-state index contributed by atoms with van der Waals surface area (Å²) in [5.41, 5.74) is 2.00. The smallest absolute Gasteiger partial charge is 0.305 e. The lowest BCUT2D eigenvalue weighted by molar-refractivity contribution is -0.136. The van der Waals surface area contributed by atoms with Gasteiger partial charge in [0, 0.05) is 23.8 Å². The minimum atomic E-state index is -0.781. The Balaban J connectivity index is 2.78. The van der Waals surface area contributed by atoms with Crippen LogP contribution in [-0.4, -0.2) is 24.2 Å². The van der Waals surface area contributed by atoms with Gasteiger partial charge in [0.1, 0.15) is 0 Å². The predicted octanol–water partition coefficient (Wildman–Crippen LogP) is 2.95. The van der Waals surface area contributed by atoms with Gasteiger partial charge in [-0.1, -0.05) is 17.7 Å². The highest BCUT2D eigenvalue weighted by molar-refractivity contribution is 6.31. The van der Waals surface area contributed by atoms with E-state index in [0.29, 0.717) is 11.6 Å². The summed E-state index contributed by atoms with van der Waals surface area (Å²) in [5.74, 6) is -0.781. The zero-order valence-corrected chi connectivity index (χ0v) is 10.3. The molecule has 1 aromatic carbocycles. The van der Waals surface area contributed by atoms with Gasteiger partial charge in [0.05, 0.1) is 6.42 Å². The highest BCUT2D eigenvalue weighted by atomic mass is 35.5. The molecule has 16 heavy (non-hydrogen) atoms. The average Bonchev–Trinajstić information content (AvgIpc) is 2.23. The predicted molar refractivity (Wildman–Crippen MR) is 66.3 cm³/mol. The lowest BCUT2D eigenvalue weighted by Gasteiger charge is -2.22. The Hall–Kier alpha value is -1.22. The van der Waals surface area contributed by atoms with Crippen molar-refractivity contribution in [3.05, 3.63) is 28.8 Å². The van der Waals surface area contributed by atoms with Gasteiger partial charge in [-0.2, -0.15) is 0 Å². The van der Waals surface area contributed by atoms with E-state index in [1.807, 2.05) is 36.9 Å². The molecule has 3 nitrogen and oxygen atoms in total. The Labute approximate surface area is 101 Å². The summed E-state index contributed by atoms with van der Waals surface area (Å²) in [6, 6.07) is 5.79. The molecular weight excluding hydrogens is 226 g/mol. The Bertz CT molecular complexity index is 379. The maximum Gasteiger partial charge on any atom is 0.305 e. The summed E-state index contributed by atoms with van der Waals surface area (Å²) in [6.07, 6.45) is 0.138. The van der Waals surface area contributed by atoms with Crippen LogP contribution in [0.15, 0.2) is 18.2 Å². The summed E-state index contributed by atoms with van der Waals surface area (Å²) in [5, 5.41) is 9.36. The van der Waals surface area contributed by atoms with Crippen LogP contribution in [0.5, 0.6) is 0 Å². The first-order valence-corrected chi connectivity index (χ1v) is 5.65. The number of halogens is 1. The third-order valence-electron chi connectivity index (χ3n) is 2.50. The third-order valence-corrected chi connectivity index (χ3v) is 2.91. The van der Waals surface area contributed by atoms with Crippen LogP contribution in [0, 0.1) is 6.92 Å². The molecule has 0 aliphatic heterocycles. The van der Waals surface area contributed by atoms with Crippen LogP contribution in [0.25, 0.3) is 0 Å². The molecule has 0 bridgehead atoms. The van der Waals surface area contributed by atoms with Crippen molar-refractivity contribution >= 4 is 23.3 Å². The van der Waals surface area contributed by atoms with E-state index >= 15 is 0 Å². The first kappa shape index (κ1) is 12.8. The average molecular weight is 242 g/mol. The number of benzene rings is 1. The fraction of sp³-hybridized carbons (Fsp3) is 0.417. The maximum absolute atomic E-state index is 10.5. The van der Waals surface area contributed by atoms with E-state index < -0.39 is 5.97 Å². The molecular formula is C12H16ClNO2. The molecule has 4 heteroatoms. The number of carboxylic acid groups (broad SMARTS) is 1. The number of anilines is 1. The van der Waals surface area contributed by atoms with Crippen molar-refractivity contribution in [3.63, 3.8) is 0 Å². The number of aryl methyl sites for hydroxylation is 1. The molecule has 0 radical (unpaired) electrons. The van der Waals surface area contributed by atoms with Gasteiger partial charge in [-0.3, -0.25) is 4.79 Å². The molecule has 1 N–H and O–H groups in total. The molecule has 0 spiro atoms.